The van der Waals surface area contributed by atoms with Gasteiger partial charge in [-0.2, -0.15) is 0 Å². The van der Waals surface area contributed by atoms with Gasteiger partial charge in [0.1, 0.15) is 5.69 Å². The summed E-state index contributed by atoms with van der Waals surface area (Å²) in [6.07, 6.45) is 0. The minimum Gasteiger partial charge on any atom is -0.386 e. The molecule has 0 amide bonds. The van der Waals surface area contributed by atoms with Crippen molar-refractivity contribution in [2.75, 3.05) is 38.7 Å². The fourth-order valence-corrected chi connectivity index (χ4v) is 2.76. The second-order valence-corrected chi connectivity index (χ2v) is 5.77. The van der Waals surface area contributed by atoms with E-state index in [9.17, 15) is 0 Å². The van der Waals surface area contributed by atoms with E-state index in [1.54, 1.807) is 0 Å². The third kappa shape index (κ3) is 3.09. The van der Waals surface area contributed by atoms with Crippen LogP contribution in [-0.2, 0) is 11.3 Å². The monoisotopic (exact) mass is 321 g/mol. The molecule has 0 atom stereocenters. The Morgan fingerprint density at radius 2 is 2.09 bits per heavy atom. The van der Waals surface area contributed by atoms with Crippen LogP contribution in [0.15, 0.2) is 18.2 Å². The molecule has 118 valence electrons. The molecule has 22 heavy (non-hydrogen) atoms. The molecule has 0 radical (unpaired) electrons. The Balaban J connectivity index is 1.88. The molecule has 1 aliphatic heterocycles. The van der Waals surface area contributed by atoms with Crippen molar-refractivity contribution in [1.29, 1.82) is 0 Å². The number of benzene rings is 1. The van der Waals surface area contributed by atoms with Crippen LogP contribution < -0.4 is 5.32 Å². The average molecular weight is 322 g/mol. The molecule has 0 unspecified atom stereocenters. The first kappa shape index (κ1) is 15.3. The average Bonchev–Trinajstić information content (AvgIpc) is 2.89. The Hall–Kier alpha value is -1.63. The molecule has 2 heterocycles. The number of rotatable bonds is 4. The Kier molecular flexibility index (Phi) is 4.61. The normalized spacial score (nSPS) is 16.0. The molecule has 0 bridgehead atoms. The zero-order chi connectivity index (χ0) is 15.5. The topological polar surface area (TPSA) is 55.2 Å². The molecule has 3 rings (SSSR count). The number of halogens is 1. The second kappa shape index (κ2) is 6.64. The van der Waals surface area contributed by atoms with Gasteiger partial charge in [-0.15, -0.1) is 5.10 Å². The summed E-state index contributed by atoms with van der Waals surface area (Å²) in [4.78, 5) is 2.34. The van der Waals surface area contributed by atoms with Crippen LogP contribution in [0.1, 0.15) is 11.4 Å². The molecular weight excluding hydrogens is 302 g/mol. The molecule has 1 fully saturated rings. The lowest BCUT2D eigenvalue weighted by Crippen LogP contribution is -2.35. The molecular formula is C15H20ClN5O. The van der Waals surface area contributed by atoms with Crippen molar-refractivity contribution in [3.05, 3.63) is 34.6 Å². The molecule has 1 aromatic heterocycles. The van der Waals surface area contributed by atoms with Gasteiger partial charge in [0.05, 0.1) is 30.3 Å². The Morgan fingerprint density at radius 1 is 1.32 bits per heavy atom. The zero-order valence-electron chi connectivity index (χ0n) is 12.8. The van der Waals surface area contributed by atoms with Gasteiger partial charge < -0.3 is 10.1 Å². The molecule has 2 aromatic rings. The van der Waals surface area contributed by atoms with E-state index in [-0.39, 0.29) is 0 Å². The summed E-state index contributed by atoms with van der Waals surface area (Å²) < 4.78 is 7.22. The molecule has 1 N–H and O–H groups in total. The summed E-state index contributed by atoms with van der Waals surface area (Å²) >= 11 is 6.13. The standard InChI is InChI=1S/C15H20ClN5O/c1-11-14(10-20-5-7-22-8-6-20)18-19-21(11)15-9-12(16)3-4-13(15)17-2/h3-4,9,17H,5-8,10H2,1-2H3. The predicted molar refractivity (Wildman–Crippen MR) is 86.7 cm³/mol. The largest absolute Gasteiger partial charge is 0.386 e. The van der Waals surface area contributed by atoms with Crippen molar-refractivity contribution in [2.24, 2.45) is 0 Å². The van der Waals surface area contributed by atoms with Crippen LogP contribution in [0.4, 0.5) is 5.69 Å². The van der Waals surface area contributed by atoms with Crippen molar-refractivity contribution in [3.63, 3.8) is 0 Å². The van der Waals surface area contributed by atoms with Gasteiger partial charge in [0.25, 0.3) is 0 Å². The van der Waals surface area contributed by atoms with Gasteiger partial charge in [0.15, 0.2) is 0 Å². The summed E-state index contributed by atoms with van der Waals surface area (Å²) in [6, 6.07) is 5.70. The number of ether oxygens (including phenoxy) is 1. The molecule has 1 aliphatic rings. The van der Waals surface area contributed by atoms with Gasteiger partial charge >= 0.3 is 0 Å². The Morgan fingerprint density at radius 3 is 2.82 bits per heavy atom. The lowest BCUT2D eigenvalue weighted by atomic mass is 10.2. The van der Waals surface area contributed by atoms with Crippen molar-refractivity contribution in [3.8, 4) is 5.69 Å². The van der Waals surface area contributed by atoms with E-state index in [4.69, 9.17) is 16.3 Å². The summed E-state index contributed by atoms with van der Waals surface area (Å²) in [7, 11) is 1.88. The van der Waals surface area contributed by atoms with Crippen molar-refractivity contribution in [2.45, 2.75) is 13.5 Å². The second-order valence-electron chi connectivity index (χ2n) is 5.33. The first-order chi connectivity index (χ1) is 10.7. The minimum absolute atomic E-state index is 0.679. The summed E-state index contributed by atoms with van der Waals surface area (Å²) in [5.41, 5.74) is 3.90. The maximum atomic E-state index is 6.13. The van der Waals surface area contributed by atoms with E-state index in [2.05, 4.69) is 20.5 Å². The SMILES string of the molecule is CNc1ccc(Cl)cc1-n1nnc(CN2CCOCC2)c1C. The highest BCUT2D eigenvalue weighted by atomic mass is 35.5. The number of anilines is 1. The quantitative estimate of drug-likeness (QED) is 0.934. The van der Waals surface area contributed by atoms with Crippen LogP contribution in [0.25, 0.3) is 5.69 Å². The molecule has 1 aromatic carbocycles. The zero-order valence-corrected chi connectivity index (χ0v) is 13.6. The van der Waals surface area contributed by atoms with Crippen LogP contribution in [0.5, 0.6) is 0 Å². The third-order valence-electron chi connectivity index (χ3n) is 3.92. The maximum Gasteiger partial charge on any atom is 0.100 e. The van der Waals surface area contributed by atoms with Gasteiger partial charge in [-0.05, 0) is 25.1 Å². The molecule has 0 aliphatic carbocycles. The summed E-state index contributed by atoms with van der Waals surface area (Å²) in [6.45, 7) is 6.27. The Bertz CT molecular complexity index is 651. The fraction of sp³-hybridized carbons (Fsp3) is 0.467. The van der Waals surface area contributed by atoms with Crippen LogP contribution >= 0.6 is 11.6 Å². The number of nitrogens with zero attached hydrogens (tertiary/aromatic N) is 4. The van der Waals surface area contributed by atoms with Gasteiger partial charge in [0.2, 0.25) is 0 Å². The van der Waals surface area contributed by atoms with E-state index in [0.717, 1.165) is 55.6 Å². The highest BCUT2D eigenvalue weighted by Gasteiger charge is 2.17. The van der Waals surface area contributed by atoms with Gasteiger partial charge in [0, 0.05) is 31.7 Å². The van der Waals surface area contributed by atoms with Crippen molar-refractivity contribution >= 4 is 17.3 Å². The summed E-state index contributed by atoms with van der Waals surface area (Å²) in [5, 5.41) is 12.5. The number of hydrogen-bond donors (Lipinski definition) is 1. The highest BCUT2D eigenvalue weighted by Crippen LogP contribution is 2.25. The van der Waals surface area contributed by atoms with Crippen molar-refractivity contribution < 1.29 is 4.74 Å². The van der Waals surface area contributed by atoms with Gasteiger partial charge in [-0.1, -0.05) is 16.8 Å². The van der Waals surface area contributed by atoms with Crippen LogP contribution in [0.2, 0.25) is 5.02 Å². The maximum absolute atomic E-state index is 6.13. The first-order valence-corrected chi connectivity index (χ1v) is 7.76. The van der Waals surface area contributed by atoms with Crippen LogP contribution in [-0.4, -0.2) is 53.2 Å². The lowest BCUT2D eigenvalue weighted by molar-refractivity contribution is 0.0335. The number of aromatic nitrogens is 3. The van der Waals surface area contributed by atoms with Gasteiger partial charge in [-0.25, -0.2) is 4.68 Å². The third-order valence-corrected chi connectivity index (χ3v) is 4.16. The van der Waals surface area contributed by atoms with Gasteiger partial charge in [-0.3, -0.25) is 4.90 Å². The Labute approximate surface area is 135 Å². The number of nitrogens with one attached hydrogen (secondary N) is 1. The van der Waals surface area contributed by atoms with E-state index in [1.807, 2.05) is 36.9 Å². The fourth-order valence-electron chi connectivity index (χ4n) is 2.60. The molecule has 1 saturated heterocycles. The van der Waals surface area contributed by atoms with E-state index in [0.29, 0.717) is 5.02 Å². The van der Waals surface area contributed by atoms with Crippen molar-refractivity contribution in [1.82, 2.24) is 19.9 Å². The number of morpholine rings is 1. The highest BCUT2D eigenvalue weighted by molar-refractivity contribution is 6.30. The molecule has 0 spiro atoms. The molecule has 6 nitrogen and oxygen atoms in total. The molecule has 7 heteroatoms. The van der Waals surface area contributed by atoms with Crippen LogP contribution in [0.3, 0.4) is 0 Å². The van der Waals surface area contributed by atoms with E-state index >= 15 is 0 Å². The number of hydrogen-bond acceptors (Lipinski definition) is 5. The van der Waals surface area contributed by atoms with Crippen LogP contribution in [0, 0.1) is 6.92 Å². The van der Waals surface area contributed by atoms with E-state index in [1.165, 1.54) is 0 Å². The first-order valence-electron chi connectivity index (χ1n) is 7.38. The smallest absolute Gasteiger partial charge is 0.100 e. The minimum atomic E-state index is 0.679. The van der Waals surface area contributed by atoms with E-state index < -0.39 is 0 Å². The molecule has 0 saturated carbocycles. The lowest BCUT2D eigenvalue weighted by Gasteiger charge is -2.25. The predicted octanol–water partition coefficient (Wildman–Crippen LogP) is 2.10. The summed E-state index contributed by atoms with van der Waals surface area (Å²) in [5.74, 6) is 0.